The zero-order valence-corrected chi connectivity index (χ0v) is 8.22. The quantitative estimate of drug-likeness (QED) is 0.413. The molecule has 0 spiro atoms. The summed E-state index contributed by atoms with van der Waals surface area (Å²) in [5.74, 6) is 5.32. The van der Waals surface area contributed by atoms with Gasteiger partial charge in [0.1, 0.15) is 0 Å². The van der Waals surface area contributed by atoms with Gasteiger partial charge >= 0.3 is 0 Å². The van der Waals surface area contributed by atoms with Gasteiger partial charge in [-0.05, 0) is 30.5 Å². The molecular weight excluding hydrogens is 160 g/mol. The molecule has 0 unspecified atom stereocenters. The third-order valence-electron chi connectivity index (χ3n) is 2.16. The second kappa shape index (κ2) is 5.60. The van der Waals surface area contributed by atoms with Gasteiger partial charge in [0.15, 0.2) is 0 Å². The average Bonchev–Trinajstić information content (AvgIpc) is 2.19. The van der Waals surface area contributed by atoms with E-state index in [9.17, 15) is 0 Å². The van der Waals surface area contributed by atoms with Crippen molar-refractivity contribution < 1.29 is 0 Å². The Morgan fingerprint density at radius 1 is 1.31 bits per heavy atom. The third-order valence-corrected chi connectivity index (χ3v) is 2.16. The fourth-order valence-electron chi connectivity index (χ4n) is 1.40. The van der Waals surface area contributed by atoms with Gasteiger partial charge in [0.05, 0.1) is 0 Å². The maximum atomic E-state index is 5.32. The number of unbranched alkanes of at least 4 members (excludes halogenated alkanes) is 2. The Kier molecular flexibility index (Phi) is 4.33. The van der Waals surface area contributed by atoms with Crippen LogP contribution >= 0.6 is 0 Å². The van der Waals surface area contributed by atoms with Gasteiger partial charge in [-0.3, -0.25) is 5.84 Å². The lowest BCUT2D eigenvalue weighted by Gasteiger charge is -2.03. The Hall–Kier alpha value is -1.02. The highest BCUT2D eigenvalue weighted by molar-refractivity contribution is 5.44. The molecule has 13 heavy (non-hydrogen) atoms. The molecule has 1 rings (SSSR count). The Morgan fingerprint density at radius 3 is 2.85 bits per heavy atom. The highest BCUT2D eigenvalue weighted by atomic mass is 15.2. The molecule has 0 bridgehead atoms. The molecule has 0 saturated carbocycles. The molecule has 0 heterocycles. The minimum absolute atomic E-state index is 0.994. The molecule has 2 heteroatoms. The second-order valence-electron chi connectivity index (χ2n) is 3.30. The average molecular weight is 178 g/mol. The summed E-state index contributed by atoms with van der Waals surface area (Å²) in [6.07, 6.45) is 5.00. The molecule has 2 nitrogen and oxygen atoms in total. The fraction of sp³-hybridized carbons (Fsp3) is 0.455. The van der Waals surface area contributed by atoms with E-state index < -0.39 is 0 Å². The number of benzene rings is 1. The zero-order valence-electron chi connectivity index (χ0n) is 8.22. The zero-order chi connectivity index (χ0) is 9.52. The van der Waals surface area contributed by atoms with Crippen molar-refractivity contribution in [1.29, 1.82) is 0 Å². The van der Waals surface area contributed by atoms with Crippen LogP contribution in [0.15, 0.2) is 24.3 Å². The first-order valence-electron chi connectivity index (χ1n) is 4.92. The Bertz CT molecular complexity index is 246. The fourth-order valence-corrected chi connectivity index (χ4v) is 1.40. The molecule has 0 fully saturated rings. The Balaban J connectivity index is 2.46. The normalized spacial score (nSPS) is 10.0. The van der Waals surface area contributed by atoms with Crippen molar-refractivity contribution >= 4 is 5.69 Å². The van der Waals surface area contributed by atoms with Crippen LogP contribution in [0.25, 0.3) is 0 Å². The number of hydrazine groups is 1. The Morgan fingerprint density at radius 2 is 2.15 bits per heavy atom. The number of aryl methyl sites for hydroxylation is 1. The van der Waals surface area contributed by atoms with Crippen molar-refractivity contribution in [3.63, 3.8) is 0 Å². The standard InChI is InChI=1S/C11H18N2/c1-2-3-4-6-10-7-5-8-11(9-10)13-12/h5,7-9,13H,2-4,6,12H2,1H3. The van der Waals surface area contributed by atoms with Crippen molar-refractivity contribution in [2.75, 3.05) is 5.43 Å². The van der Waals surface area contributed by atoms with Crippen LogP contribution in [0.4, 0.5) is 5.69 Å². The van der Waals surface area contributed by atoms with Gasteiger partial charge in [0.25, 0.3) is 0 Å². The summed E-state index contributed by atoms with van der Waals surface area (Å²) < 4.78 is 0. The van der Waals surface area contributed by atoms with Crippen molar-refractivity contribution in [3.8, 4) is 0 Å². The lowest BCUT2D eigenvalue weighted by molar-refractivity contribution is 0.717. The first kappa shape index (κ1) is 10.1. The minimum atomic E-state index is 0.994. The van der Waals surface area contributed by atoms with E-state index in [0.29, 0.717) is 0 Å². The topological polar surface area (TPSA) is 38.0 Å². The van der Waals surface area contributed by atoms with Crippen LogP contribution in [0.3, 0.4) is 0 Å². The molecule has 0 radical (unpaired) electrons. The summed E-state index contributed by atoms with van der Waals surface area (Å²) in [6.45, 7) is 2.22. The van der Waals surface area contributed by atoms with E-state index in [0.717, 1.165) is 12.1 Å². The summed E-state index contributed by atoms with van der Waals surface area (Å²) in [5.41, 5.74) is 5.02. The SMILES string of the molecule is CCCCCc1cccc(NN)c1. The van der Waals surface area contributed by atoms with E-state index in [1.807, 2.05) is 12.1 Å². The lowest BCUT2D eigenvalue weighted by Crippen LogP contribution is -2.06. The number of nitrogens with one attached hydrogen (secondary N) is 1. The maximum absolute atomic E-state index is 5.32. The van der Waals surface area contributed by atoms with Crippen LogP contribution in [0.5, 0.6) is 0 Å². The Labute approximate surface area is 80.1 Å². The van der Waals surface area contributed by atoms with Crippen LogP contribution in [-0.2, 0) is 6.42 Å². The molecule has 3 N–H and O–H groups in total. The highest BCUT2D eigenvalue weighted by Crippen LogP contribution is 2.12. The van der Waals surface area contributed by atoms with E-state index >= 15 is 0 Å². The first-order chi connectivity index (χ1) is 6.36. The van der Waals surface area contributed by atoms with Crippen LogP contribution in [-0.4, -0.2) is 0 Å². The van der Waals surface area contributed by atoms with Gasteiger partial charge in [-0.15, -0.1) is 0 Å². The summed E-state index contributed by atoms with van der Waals surface area (Å²) in [6, 6.07) is 8.27. The van der Waals surface area contributed by atoms with E-state index in [4.69, 9.17) is 5.84 Å². The van der Waals surface area contributed by atoms with Crippen molar-refractivity contribution in [2.24, 2.45) is 5.84 Å². The number of anilines is 1. The molecule has 0 atom stereocenters. The number of hydrogen-bond acceptors (Lipinski definition) is 2. The number of nitrogens with two attached hydrogens (primary N) is 1. The molecule has 72 valence electrons. The van der Waals surface area contributed by atoms with Gasteiger partial charge < -0.3 is 5.43 Å². The maximum Gasteiger partial charge on any atom is 0.0487 e. The molecule has 1 aromatic rings. The molecule has 0 aliphatic carbocycles. The van der Waals surface area contributed by atoms with E-state index in [2.05, 4.69) is 24.5 Å². The third kappa shape index (κ3) is 3.47. The van der Waals surface area contributed by atoms with E-state index in [-0.39, 0.29) is 0 Å². The van der Waals surface area contributed by atoms with Crippen molar-refractivity contribution in [3.05, 3.63) is 29.8 Å². The van der Waals surface area contributed by atoms with Crippen LogP contribution in [0, 0.1) is 0 Å². The van der Waals surface area contributed by atoms with Crippen molar-refractivity contribution in [2.45, 2.75) is 32.6 Å². The van der Waals surface area contributed by atoms with Gasteiger partial charge in [-0.1, -0.05) is 31.9 Å². The molecule has 0 aliphatic rings. The minimum Gasteiger partial charge on any atom is -0.324 e. The van der Waals surface area contributed by atoms with Crippen LogP contribution in [0.2, 0.25) is 0 Å². The van der Waals surface area contributed by atoms with E-state index in [1.165, 1.54) is 24.8 Å². The summed E-state index contributed by atoms with van der Waals surface area (Å²) in [4.78, 5) is 0. The van der Waals surface area contributed by atoms with Gasteiger partial charge in [-0.2, -0.15) is 0 Å². The largest absolute Gasteiger partial charge is 0.324 e. The monoisotopic (exact) mass is 178 g/mol. The molecule has 0 amide bonds. The smallest absolute Gasteiger partial charge is 0.0487 e. The second-order valence-corrected chi connectivity index (χ2v) is 3.30. The first-order valence-corrected chi connectivity index (χ1v) is 4.92. The molecule has 0 saturated heterocycles. The van der Waals surface area contributed by atoms with Gasteiger partial charge in [0.2, 0.25) is 0 Å². The molecule has 1 aromatic carbocycles. The molecule has 0 aromatic heterocycles. The van der Waals surface area contributed by atoms with Gasteiger partial charge in [-0.25, -0.2) is 0 Å². The number of hydrogen-bond donors (Lipinski definition) is 2. The number of nitrogen functional groups attached to an aromatic ring is 1. The molecule has 0 aliphatic heterocycles. The summed E-state index contributed by atoms with van der Waals surface area (Å²) in [7, 11) is 0. The summed E-state index contributed by atoms with van der Waals surface area (Å²) >= 11 is 0. The van der Waals surface area contributed by atoms with E-state index in [1.54, 1.807) is 0 Å². The van der Waals surface area contributed by atoms with Crippen molar-refractivity contribution in [1.82, 2.24) is 0 Å². The summed E-state index contributed by atoms with van der Waals surface area (Å²) in [5, 5.41) is 0. The highest BCUT2D eigenvalue weighted by Gasteiger charge is 1.94. The molecular formula is C11H18N2. The number of rotatable bonds is 5. The lowest BCUT2D eigenvalue weighted by atomic mass is 10.1. The van der Waals surface area contributed by atoms with Gasteiger partial charge in [0, 0.05) is 5.69 Å². The van der Waals surface area contributed by atoms with Crippen LogP contribution < -0.4 is 11.3 Å². The van der Waals surface area contributed by atoms with Crippen LogP contribution in [0.1, 0.15) is 31.7 Å². The predicted octanol–water partition coefficient (Wildman–Crippen LogP) is 2.70. The predicted molar refractivity (Wildman–Crippen MR) is 57.5 cm³/mol.